The van der Waals surface area contributed by atoms with Crippen molar-refractivity contribution >= 4 is 0 Å². The Hall–Kier alpha value is -2.14. The van der Waals surface area contributed by atoms with Gasteiger partial charge < -0.3 is 20.4 Å². The largest absolute Gasteiger partial charge is 0.416 e. The fourth-order valence-corrected chi connectivity index (χ4v) is 8.72. The van der Waals surface area contributed by atoms with Crippen molar-refractivity contribution < 1.29 is 26.3 Å². The molecule has 2 aromatic carbocycles. The summed E-state index contributed by atoms with van der Waals surface area (Å²) in [5, 5.41) is 7.79. The van der Waals surface area contributed by atoms with Crippen LogP contribution in [-0.4, -0.2) is 73.2 Å². The van der Waals surface area contributed by atoms with Crippen LogP contribution in [0.4, 0.5) is 26.3 Å². The van der Waals surface area contributed by atoms with Gasteiger partial charge in [0.05, 0.1) is 11.1 Å². The smallest absolute Gasteiger partial charge is 0.308 e. The molecule has 0 radical (unpaired) electrons. The predicted octanol–water partition coefficient (Wildman–Crippen LogP) is 8.93. The van der Waals surface area contributed by atoms with E-state index in [4.69, 9.17) is 0 Å². The van der Waals surface area contributed by atoms with E-state index in [2.05, 4.69) is 83.2 Å². The van der Waals surface area contributed by atoms with Crippen molar-refractivity contribution in [2.45, 2.75) is 133 Å². The molecular formula is C38H56F6N4. The molecule has 0 bridgehead atoms. The molecule has 4 nitrogen and oxygen atoms in total. The van der Waals surface area contributed by atoms with Crippen LogP contribution >= 0.6 is 0 Å². The number of alkyl halides is 6. The SMILES string of the molecule is CN(C)[C@@H]1C(CC(C)(C)N[C@H]2C[C@H](c3cccc(C(F)(F)F)c3)CC[C@@H]2N(C)C)C[C@@H](c2cccc(C(F)(F)F)c2)C[C@H]1NC(C)(C)C. The minimum absolute atomic E-state index is 0.00617. The summed E-state index contributed by atoms with van der Waals surface area (Å²) in [6.07, 6.45) is -4.12. The van der Waals surface area contributed by atoms with Gasteiger partial charge in [0, 0.05) is 35.2 Å². The van der Waals surface area contributed by atoms with E-state index in [1.165, 1.54) is 24.3 Å². The molecule has 2 N–H and O–H groups in total. The third kappa shape index (κ3) is 9.98. The van der Waals surface area contributed by atoms with Crippen LogP contribution < -0.4 is 10.6 Å². The Morgan fingerprint density at radius 1 is 0.646 bits per heavy atom. The van der Waals surface area contributed by atoms with Gasteiger partial charge in [-0.2, -0.15) is 26.3 Å². The van der Waals surface area contributed by atoms with E-state index in [1.807, 2.05) is 12.1 Å². The summed E-state index contributed by atoms with van der Waals surface area (Å²) < 4.78 is 81.9. The standard InChI is InChI=1S/C38H56F6N4/c1-35(2,3)45-32-22-27(25-13-11-15-30(20-25)38(42,43)44)18-28(34(32)48(8)9)23-36(4,5)46-31-21-26(16-17-33(31)47(6)7)24-12-10-14-29(19-24)37(39,40)41/h10-15,19-20,26-28,31-34,45-46H,16-18,21-23H2,1-9H3/t26-,27-,28?,31+,32-,33+,34-/m1/s1. The summed E-state index contributed by atoms with van der Waals surface area (Å²) in [5.74, 6) is 0.126. The zero-order valence-corrected chi connectivity index (χ0v) is 30.1. The normalized spacial score (nSPS) is 27.9. The van der Waals surface area contributed by atoms with Gasteiger partial charge in [-0.25, -0.2) is 0 Å². The monoisotopic (exact) mass is 682 g/mol. The quantitative estimate of drug-likeness (QED) is 0.259. The van der Waals surface area contributed by atoms with Crippen LogP contribution in [0.1, 0.15) is 107 Å². The number of benzene rings is 2. The van der Waals surface area contributed by atoms with Crippen LogP contribution in [0.3, 0.4) is 0 Å². The zero-order chi connectivity index (χ0) is 35.8. The number of hydrogen-bond donors (Lipinski definition) is 2. The first-order valence-electron chi connectivity index (χ1n) is 17.3. The lowest BCUT2D eigenvalue weighted by Crippen LogP contribution is -2.61. The third-order valence-electron chi connectivity index (χ3n) is 10.4. The molecule has 270 valence electrons. The van der Waals surface area contributed by atoms with Gasteiger partial charge in [0.1, 0.15) is 0 Å². The Morgan fingerprint density at radius 3 is 1.65 bits per heavy atom. The molecule has 1 unspecified atom stereocenters. The molecular weight excluding hydrogens is 626 g/mol. The molecule has 0 aliphatic heterocycles. The predicted molar refractivity (Wildman–Crippen MR) is 182 cm³/mol. The summed E-state index contributed by atoms with van der Waals surface area (Å²) in [6, 6.07) is 12.1. The second-order valence-electron chi connectivity index (χ2n) is 16.5. The zero-order valence-electron chi connectivity index (χ0n) is 30.1. The molecule has 10 heteroatoms. The van der Waals surface area contributed by atoms with Gasteiger partial charge in [-0.15, -0.1) is 0 Å². The highest BCUT2D eigenvalue weighted by Gasteiger charge is 2.44. The molecule has 0 saturated heterocycles. The van der Waals surface area contributed by atoms with Gasteiger partial charge in [0.25, 0.3) is 0 Å². The lowest BCUT2D eigenvalue weighted by Gasteiger charge is -2.50. The number of halogens is 6. The van der Waals surface area contributed by atoms with E-state index in [9.17, 15) is 26.3 Å². The molecule has 0 spiro atoms. The van der Waals surface area contributed by atoms with Crippen molar-refractivity contribution in [3.63, 3.8) is 0 Å². The lowest BCUT2D eigenvalue weighted by atomic mass is 9.68. The molecule has 0 aromatic heterocycles. The fourth-order valence-electron chi connectivity index (χ4n) is 8.72. The van der Waals surface area contributed by atoms with Crippen LogP contribution in [0.5, 0.6) is 0 Å². The molecule has 2 aliphatic rings. The maximum Gasteiger partial charge on any atom is 0.416 e. The van der Waals surface area contributed by atoms with E-state index in [0.29, 0.717) is 0 Å². The maximum atomic E-state index is 13.7. The van der Waals surface area contributed by atoms with Crippen LogP contribution in [0.2, 0.25) is 0 Å². The van der Waals surface area contributed by atoms with Gasteiger partial charge in [-0.05, 0) is 142 Å². The molecule has 2 fully saturated rings. The van der Waals surface area contributed by atoms with E-state index in [-0.39, 0.29) is 53.0 Å². The Labute approximate surface area is 284 Å². The highest BCUT2D eigenvalue weighted by atomic mass is 19.4. The molecule has 48 heavy (non-hydrogen) atoms. The molecule has 0 amide bonds. The first kappa shape index (κ1) is 38.7. The summed E-state index contributed by atoms with van der Waals surface area (Å²) >= 11 is 0. The van der Waals surface area contributed by atoms with E-state index in [1.54, 1.807) is 0 Å². The van der Waals surface area contributed by atoms with Crippen molar-refractivity contribution in [1.82, 2.24) is 20.4 Å². The Morgan fingerprint density at radius 2 is 1.17 bits per heavy atom. The number of hydrogen-bond acceptors (Lipinski definition) is 4. The topological polar surface area (TPSA) is 30.5 Å². The summed E-state index contributed by atoms with van der Waals surface area (Å²) in [5.41, 5.74) is -0.313. The average Bonchev–Trinajstić information content (AvgIpc) is 2.94. The number of likely N-dealkylation sites (N-methyl/N-ethyl adjacent to an activating group) is 2. The molecule has 2 aromatic rings. The number of nitrogens with zero attached hydrogens (tertiary/aromatic N) is 2. The lowest BCUT2D eigenvalue weighted by molar-refractivity contribution is -0.138. The van der Waals surface area contributed by atoms with Crippen molar-refractivity contribution in [2.24, 2.45) is 5.92 Å². The number of nitrogens with one attached hydrogen (secondary N) is 2. The minimum Gasteiger partial charge on any atom is -0.308 e. The first-order valence-corrected chi connectivity index (χ1v) is 17.3. The Bertz CT molecular complexity index is 1350. The summed E-state index contributed by atoms with van der Waals surface area (Å²) in [6.45, 7) is 10.8. The van der Waals surface area contributed by atoms with E-state index >= 15 is 0 Å². The number of rotatable bonds is 9. The molecule has 7 atom stereocenters. The van der Waals surface area contributed by atoms with Gasteiger partial charge >= 0.3 is 12.4 Å². The second-order valence-corrected chi connectivity index (χ2v) is 16.5. The van der Waals surface area contributed by atoms with Crippen molar-refractivity contribution in [3.8, 4) is 0 Å². The minimum atomic E-state index is -4.40. The van der Waals surface area contributed by atoms with Gasteiger partial charge in [0.2, 0.25) is 0 Å². The van der Waals surface area contributed by atoms with Crippen LogP contribution in [-0.2, 0) is 12.4 Å². The van der Waals surface area contributed by atoms with Crippen molar-refractivity contribution in [2.75, 3.05) is 28.2 Å². The third-order valence-corrected chi connectivity index (χ3v) is 10.4. The Balaban J connectivity index is 1.62. The maximum absolute atomic E-state index is 13.7. The molecule has 2 aliphatic carbocycles. The average molecular weight is 683 g/mol. The highest BCUT2D eigenvalue weighted by Crippen LogP contribution is 2.44. The van der Waals surface area contributed by atoms with Crippen LogP contribution in [0.25, 0.3) is 0 Å². The second kappa shape index (κ2) is 14.6. The molecule has 2 saturated carbocycles. The van der Waals surface area contributed by atoms with Crippen LogP contribution in [0.15, 0.2) is 48.5 Å². The summed E-state index contributed by atoms with van der Waals surface area (Å²) in [4.78, 5) is 4.48. The molecule has 4 rings (SSSR count). The Kier molecular flexibility index (Phi) is 11.8. The van der Waals surface area contributed by atoms with Gasteiger partial charge in [0.15, 0.2) is 0 Å². The summed E-state index contributed by atoms with van der Waals surface area (Å²) in [7, 11) is 8.29. The van der Waals surface area contributed by atoms with Crippen LogP contribution in [0, 0.1) is 5.92 Å². The highest BCUT2D eigenvalue weighted by molar-refractivity contribution is 5.30. The van der Waals surface area contributed by atoms with Gasteiger partial charge in [-0.1, -0.05) is 36.4 Å². The van der Waals surface area contributed by atoms with E-state index < -0.39 is 23.5 Å². The first-order chi connectivity index (χ1) is 22.0. The van der Waals surface area contributed by atoms with Crippen molar-refractivity contribution in [3.05, 3.63) is 70.8 Å². The van der Waals surface area contributed by atoms with Crippen molar-refractivity contribution in [1.29, 1.82) is 0 Å². The molecule has 0 heterocycles. The van der Waals surface area contributed by atoms with Gasteiger partial charge in [-0.3, -0.25) is 0 Å². The fraction of sp³-hybridized carbons (Fsp3) is 0.684. The van der Waals surface area contributed by atoms with E-state index in [0.717, 1.165) is 61.8 Å².